The van der Waals surface area contributed by atoms with Gasteiger partial charge in [0.15, 0.2) is 0 Å². The fourth-order valence-electron chi connectivity index (χ4n) is 2.19. The van der Waals surface area contributed by atoms with Gasteiger partial charge in [0.05, 0.1) is 6.61 Å². The molecule has 1 aliphatic rings. The van der Waals surface area contributed by atoms with Gasteiger partial charge in [0.1, 0.15) is 0 Å². The number of hydrogen-bond acceptors (Lipinski definition) is 2. The summed E-state index contributed by atoms with van der Waals surface area (Å²) >= 11 is 0. The number of hydrogen-bond donors (Lipinski definition) is 2. The molecule has 4 heteroatoms. The molecule has 1 saturated carbocycles. The molecule has 1 fully saturated rings. The van der Waals surface area contributed by atoms with E-state index in [9.17, 15) is 4.79 Å². The average molecular weight is 262 g/mol. The van der Waals surface area contributed by atoms with Crippen molar-refractivity contribution in [3.63, 3.8) is 0 Å². The first-order valence-corrected chi connectivity index (χ1v) is 6.87. The van der Waals surface area contributed by atoms with Crippen molar-refractivity contribution in [1.82, 2.24) is 10.6 Å². The van der Waals surface area contributed by atoms with Gasteiger partial charge in [-0.05, 0) is 30.7 Å². The quantitative estimate of drug-likeness (QED) is 0.738. The maximum absolute atomic E-state index is 11.8. The summed E-state index contributed by atoms with van der Waals surface area (Å²) in [6, 6.07) is 10.5. The van der Waals surface area contributed by atoms with Crippen LogP contribution in [0.1, 0.15) is 18.4 Å². The van der Waals surface area contributed by atoms with E-state index in [1.807, 2.05) is 18.2 Å². The second kappa shape index (κ2) is 7.14. The molecular formula is C15H22N2O2. The number of benzene rings is 1. The Morgan fingerprint density at radius 1 is 1.37 bits per heavy atom. The number of rotatable bonds is 7. The molecule has 0 heterocycles. The molecule has 0 bridgehead atoms. The molecule has 2 rings (SSSR count). The Labute approximate surface area is 114 Å². The highest BCUT2D eigenvalue weighted by atomic mass is 16.5. The summed E-state index contributed by atoms with van der Waals surface area (Å²) in [4.78, 5) is 11.8. The Morgan fingerprint density at radius 2 is 2.11 bits per heavy atom. The van der Waals surface area contributed by atoms with E-state index in [0.717, 1.165) is 6.42 Å². The molecule has 0 saturated heterocycles. The van der Waals surface area contributed by atoms with E-state index in [4.69, 9.17) is 4.74 Å². The van der Waals surface area contributed by atoms with Crippen molar-refractivity contribution >= 4 is 6.03 Å². The molecule has 4 nitrogen and oxygen atoms in total. The molecule has 104 valence electrons. The third-order valence-corrected chi connectivity index (χ3v) is 3.40. The van der Waals surface area contributed by atoms with Gasteiger partial charge in [-0.25, -0.2) is 4.79 Å². The van der Waals surface area contributed by atoms with Crippen LogP contribution in [0.5, 0.6) is 0 Å². The van der Waals surface area contributed by atoms with Crippen LogP contribution in [0.15, 0.2) is 30.3 Å². The Morgan fingerprint density at radius 3 is 2.74 bits per heavy atom. The summed E-state index contributed by atoms with van der Waals surface area (Å²) in [5.74, 6) is 0.633. The Hall–Kier alpha value is -1.55. The smallest absolute Gasteiger partial charge is 0.315 e. The average Bonchev–Trinajstić information content (AvgIpc) is 3.24. The first-order valence-electron chi connectivity index (χ1n) is 6.87. The molecule has 0 aromatic heterocycles. The van der Waals surface area contributed by atoms with E-state index in [-0.39, 0.29) is 12.1 Å². The van der Waals surface area contributed by atoms with E-state index in [2.05, 4.69) is 22.8 Å². The second-order valence-electron chi connectivity index (χ2n) is 5.03. The van der Waals surface area contributed by atoms with Gasteiger partial charge in [-0.3, -0.25) is 0 Å². The molecule has 0 spiro atoms. The van der Waals surface area contributed by atoms with Gasteiger partial charge in [0.25, 0.3) is 0 Å². The van der Waals surface area contributed by atoms with Crippen molar-refractivity contribution in [2.24, 2.45) is 5.92 Å². The van der Waals surface area contributed by atoms with Crippen LogP contribution >= 0.6 is 0 Å². The van der Waals surface area contributed by atoms with Crippen molar-refractivity contribution in [3.05, 3.63) is 35.9 Å². The van der Waals surface area contributed by atoms with Crippen molar-refractivity contribution in [3.8, 4) is 0 Å². The lowest BCUT2D eigenvalue weighted by molar-refractivity contribution is 0.194. The number of ether oxygens (including phenoxy) is 1. The van der Waals surface area contributed by atoms with Crippen LogP contribution in [-0.2, 0) is 11.2 Å². The number of methoxy groups -OCH3 is 1. The van der Waals surface area contributed by atoms with Crippen molar-refractivity contribution in [2.45, 2.75) is 25.3 Å². The fourth-order valence-corrected chi connectivity index (χ4v) is 2.19. The predicted octanol–water partition coefficient (Wildman–Crippen LogP) is 1.95. The highest BCUT2D eigenvalue weighted by molar-refractivity contribution is 5.74. The number of carbonyl (C=O) groups excluding carboxylic acids is 1. The minimum Gasteiger partial charge on any atom is -0.383 e. The fraction of sp³-hybridized carbons (Fsp3) is 0.533. The first-order chi connectivity index (χ1) is 9.29. The topological polar surface area (TPSA) is 50.4 Å². The lowest BCUT2D eigenvalue weighted by atomic mass is 10.0. The van der Waals surface area contributed by atoms with E-state index in [0.29, 0.717) is 19.1 Å². The highest BCUT2D eigenvalue weighted by Gasteiger charge is 2.32. The molecule has 0 aliphatic heterocycles. The zero-order valence-electron chi connectivity index (χ0n) is 11.4. The predicted molar refractivity (Wildman–Crippen MR) is 75.1 cm³/mol. The minimum absolute atomic E-state index is 0.0927. The third-order valence-electron chi connectivity index (χ3n) is 3.40. The van der Waals surface area contributed by atoms with E-state index in [1.165, 1.54) is 18.4 Å². The summed E-state index contributed by atoms with van der Waals surface area (Å²) in [7, 11) is 1.63. The summed E-state index contributed by atoms with van der Waals surface area (Å²) in [6.45, 7) is 1.09. The van der Waals surface area contributed by atoms with Gasteiger partial charge in [0.2, 0.25) is 0 Å². The van der Waals surface area contributed by atoms with Crippen molar-refractivity contribution in [2.75, 3.05) is 20.3 Å². The van der Waals surface area contributed by atoms with Crippen LogP contribution in [-0.4, -0.2) is 32.3 Å². The molecule has 2 N–H and O–H groups in total. The standard InChI is InChI=1S/C15H22N2O2/c1-19-10-9-16-15(18)17-14(13-7-8-13)11-12-5-3-2-4-6-12/h2-6,13-14H,7-11H2,1H3,(H2,16,17,18). The summed E-state index contributed by atoms with van der Waals surface area (Å²) in [6.07, 6.45) is 3.34. The third kappa shape index (κ3) is 4.91. The van der Waals surface area contributed by atoms with E-state index in [1.54, 1.807) is 7.11 Å². The van der Waals surface area contributed by atoms with E-state index >= 15 is 0 Å². The van der Waals surface area contributed by atoms with Crippen LogP contribution in [0.4, 0.5) is 4.79 Å². The molecule has 19 heavy (non-hydrogen) atoms. The SMILES string of the molecule is COCCNC(=O)NC(Cc1ccccc1)C1CC1. The van der Waals surface area contributed by atoms with Crippen molar-refractivity contribution < 1.29 is 9.53 Å². The lowest BCUT2D eigenvalue weighted by Crippen LogP contribution is -2.45. The van der Waals surface area contributed by atoms with Crippen LogP contribution < -0.4 is 10.6 Å². The lowest BCUT2D eigenvalue weighted by Gasteiger charge is -2.18. The zero-order valence-corrected chi connectivity index (χ0v) is 11.4. The largest absolute Gasteiger partial charge is 0.383 e. The first kappa shape index (κ1) is 13.9. The summed E-state index contributed by atoms with van der Waals surface area (Å²) in [5.41, 5.74) is 1.27. The van der Waals surface area contributed by atoms with Crippen LogP contribution in [0.2, 0.25) is 0 Å². The van der Waals surface area contributed by atoms with Crippen LogP contribution in [0, 0.1) is 5.92 Å². The Bertz CT molecular complexity index is 390. The van der Waals surface area contributed by atoms with Gasteiger partial charge >= 0.3 is 6.03 Å². The molecular weight excluding hydrogens is 240 g/mol. The maximum Gasteiger partial charge on any atom is 0.315 e. The maximum atomic E-state index is 11.8. The molecule has 0 radical (unpaired) electrons. The number of carbonyl (C=O) groups is 1. The summed E-state index contributed by atoms with van der Waals surface area (Å²) in [5, 5.41) is 5.89. The number of nitrogens with one attached hydrogen (secondary N) is 2. The molecule has 1 atom stereocenters. The van der Waals surface area contributed by atoms with Crippen molar-refractivity contribution in [1.29, 1.82) is 0 Å². The molecule has 1 aromatic carbocycles. The molecule has 1 aliphatic carbocycles. The number of amides is 2. The van der Waals surface area contributed by atoms with Crippen LogP contribution in [0.25, 0.3) is 0 Å². The Kier molecular flexibility index (Phi) is 5.21. The normalized spacial score (nSPS) is 15.8. The monoisotopic (exact) mass is 262 g/mol. The Balaban J connectivity index is 1.81. The number of urea groups is 1. The van der Waals surface area contributed by atoms with Crippen LogP contribution in [0.3, 0.4) is 0 Å². The molecule has 1 unspecified atom stereocenters. The highest BCUT2D eigenvalue weighted by Crippen LogP contribution is 2.34. The summed E-state index contributed by atoms with van der Waals surface area (Å²) < 4.78 is 4.91. The van der Waals surface area contributed by atoms with Gasteiger partial charge < -0.3 is 15.4 Å². The van der Waals surface area contributed by atoms with Gasteiger partial charge in [-0.2, -0.15) is 0 Å². The van der Waals surface area contributed by atoms with Gasteiger partial charge in [-0.15, -0.1) is 0 Å². The molecule has 1 aromatic rings. The minimum atomic E-state index is -0.0927. The zero-order chi connectivity index (χ0) is 13.5. The second-order valence-corrected chi connectivity index (χ2v) is 5.03. The molecule has 2 amide bonds. The van der Waals surface area contributed by atoms with Gasteiger partial charge in [-0.1, -0.05) is 30.3 Å². The van der Waals surface area contributed by atoms with Gasteiger partial charge in [0, 0.05) is 19.7 Å². The van der Waals surface area contributed by atoms with E-state index < -0.39 is 0 Å².